The monoisotopic (exact) mass is 426 g/mol. The van der Waals surface area contributed by atoms with Crippen LogP contribution < -0.4 is 11.3 Å². The van der Waals surface area contributed by atoms with Gasteiger partial charge in [0, 0.05) is 36.7 Å². The molecule has 0 bridgehead atoms. The van der Waals surface area contributed by atoms with Crippen LogP contribution in [0.15, 0.2) is 47.4 Å². The van der Waals surface area contributed by atoms with E-state index in [0.29, 0.717) is 28.6 Å². The van der Waals surface area contributed by atoms with Crippen LogP contribution in [-0.4, -0.2) is 26.6 Å². The van der Waals surface area contributed by atoms with Crippen molar-refractivity contribution in [1.82, 2.24) is 20.0 Å². The molecule has 8 heteroatoms. The van der Waals surface area contributed by atoms with Crippen molar-refractivity contribution in [2.45, 2.75) is 25.5 Å². The third-order valence-corrected chi connectivity index (χ3v) is 6.02. The molecule has 3 heterocycles. The van der Waals surface area contributed by atoms with Crippen LogP contribution in [0.5, 0.6) is 0 Å². The summed E-state index contributed by atoms with van der Waals surface area (Å²) >= 11 is 0. The van der Waals surface area contributed by atoms with Crippen LogP contribution in [0.2, 0.25) is 0 Å². The number of nitrogens with two attached hydrogens (primary N) is 1. The molecule has 0 saturated carbocycles. The second-order valence-corrected chi connectivity index (χ2v) is 7.88. The Labute approximate surface area is 184 Å². The number of hydrogen-bond donors (Lipinski definition) is 2. The molecule has 1 saturated heterocycles. The Morgan fingerprint density at radius 3 is 2.91 bits per heavy atom. The van der Waals surface area contributed by atoms with E-state index in [1.165, 1.54) is 0 Å². The van der Waals surface area contributed by atoms with Crippen LogP contribution in [0.25, 0.3) is 33.2 Å². The third kappa shape index (κ3) is 3.19. The molecule has 0 spiro atoms. The fourth-order valence-corrected chi connectivity index (χ4v) is 4.52. The normalized spacial score (nSPS) is 15.8. The minimum atomic E-state index is -0.254. The molecule has 1 aliphatic heterocycles. The zero-order chi connectivity index (χ0) is 22.2. The number of nitriles is 1. The highest BCUT2D eigenvalue weighted by atomic mass is 16.5. The predicted molar refractivity (Wildman–Crippen MR) is 121 cm³/mol. The van der Waals surface area contributed by atoms with Crippen molar-refractivity contribution in [2.75, 3.05) is 6.61 Å². The first-order chi connectivity index (χ1) is 15.6. The summed E-state index contributed by atoms with van der Waals surface area (Å²) in [5.74, 6) is 0. The molecule has 32 heavy (non-hydrogen) atoms. The molecule has 1 atom stereocenters. The standard InChI is InChI=1S/C24H22N6O2/c1-30-23(16-6-3-2-5-14(16)11-25)19(13-27-30)15-9-17-20(12-26)28-29-24(31)22(17)18(10-15)21-7-4-8-32-21/h2-3,5-6,9-10,13,21H,4,7-8,12,26H2,1H3,(H,29,31). The van der Waals surface area contributed by atoms with Gasteiger partial charge in [0.15, 0.2) is 0 Å². The lowest BCUT2D eigenvalue weighted by Gasteiger charge is -2.16. The maximum absolute atomic E-state index is 12.8. The van der Waals surface area contributed by atoms with E-state index in [1.807, 2.05) is 37.4 Å². The molecule has 1 unspecified atom stereocenters. The van der Waals surface area contributed by atoms with Gasteiger partial charge in [0.25, 0.3) is 5.56 Å². The average molecular weight is 426 g/mol. The maximum atomic E-state index is 12.8. The van der Waals surface area contributed by atoms with Gasteiger partial charge < -0.3 is 10.5 Å². The Morgan fingerprint density at radius 1 is 1.31 bits per heavy atom. The van der Waals surface area contributed by atoms with E-state index in [0.717, 1.165) is 40.8 Å². The number of benzene rings is 2. The molecule has 1 aliphatic rings. The molecule has 1 fully saturated rings. The van der Waals surface area contributed by atoms with E-state index in [-0.39, 0.29) is 18.2 Å². The summed E-state index contributed by atoms with van der Waals surface area (Å²) < 4.78 is 7.72. The van der Waals surface area contributed by atoms with E-state index >= 15 is 0 Å². The molecule has 3 N–H and O–H groups in total. The number of aromatic amines is 1. The molecule has 4 aromatic rings. The smallest absolute Gasteiger partial charge is 0.272 e. The first-order valence-electron chi connectivity index (χ1n) is 10.5. The van der Waals surface area contributed by atoms with Crippen LogP contribution in [0.3, 0.4) is 0 Å². The van der Waals surface area contributed by atoms with Crippen molar-refractivity contribution in [1.29, 1.82) is 5.26 Å². The van der Waals surface area contributed by atoms with Crippen LogP contribution >= 0.6 is 0 Å². The van der Waals surface area contributed by atoms with Gasteiger partial charge in [-0.05, 0) is 42.2 Å². The molecule has 2 aromatic heterocycles. The lowest BCUT2D eigenvalue weighted by molar-refractivity contribution is 0.113. The maximum Gasteiger partial charge on any atom is 0.272 e. The molecular weight excluding hydrogens is 404 g/mol. The van der Waals surface area contributed by atoms with E-state index in [4.69, 9.17) is 10.5 Å². The molecule has 0 amide bonds. The van der Waals surface area contributed by atoms with Crippen molar-refractivity contribution in [3.8, 4) is 28.5 Å². The highest BCUT2D eigenvalue weighted by Crippen LogP contribution is 2.39. The molecule has 8 nitrogen and oxygen atoms in total. The van der Waals surface area contributed by atoms with Gasteiger partial charge in [-0.15, -0.1) is 0 Å². The predicted octanol–water partition coefficient (Wildman–Crippen LogP) is 3.17. The SMILES string of the molecule is Cn1ncc(-c2cc(C3CCCO3)c3c(=O)[nH]nc(CN)c3c2)c1-c1ccccc1C#N. The van der Waals surface area contributed by atoms with E-state index < -0.39 is 0 Å². The van der Waals surface area contributed by atoms with Gasteiger partial charge in [-0.25, -0.2) is 5.10 Å². The largest absolute Gasteiger partial charge is 0.374 e. The Morgan fingerprint density at radius 2 is 2.16 bits per heavy atom. The van der Waals surface area contributed by atoms with Crippen molar-refractivity contribution in [3.63, 3.8) is 0 Å². The zero-order valence-corrected chi connectivity index (χ0v) is 17.6. The molecule has 5 rings (SSSR count). The molecule has 0 aliphatic carbocycles. The molecule has 2 aromatic carbocycles. The second-order valence-electron chi connectivity index (χ2n) is 7.88. The van der Waals surface area contributed by atoms with Crippen molar-refractivity contribution >= 4 is 10.8 Å². The number of nitrogens with zero attached hydrogens (tertiary/aromatic N) is 4. The summed E-state index contributed by atoms with van der Waals surface area (Å²) in [5.41, 5.74) is 11.1. The summed E-state index contributed by atoms with van der Waals surface area (Å²) in [5, 5.41) is 22.2. The number of hydrogen-bond acceptors (Lipinski definition) is 6. The highest BCUT2D eigenvalue weighted by molar-refractivity contribution is 5.94. The second kappa shape index (κ2) is 8.04. The molecule has 0 radical (unpaired) electrons. The Hall–Kier alpha value is -3.80. The minimum absolute atomic E-state index is 0.168. The molecular formula is C24H22N6O2. The summed E-state index contributed by atoms with van der Waals surface area (Å²) in [6.45, 7) is 0.857. The van der Waals surface area contributed by atoms with Crippen LogP contribution in [0, 0.1) is 11.3 Å². The number of aromatic nitrogens is 4. The van der Waals surface area contributed by atoms with Gasteiger partial charge in [0.05, 0.1) is 40.7 Å². The summed E-state index contributed by atoms with van der Waals surface area (Å²) in [6.07, 6.45) is 3.40. The first kappa shape index (κ1) is 20.1. The van der Waals surface area contributed by atoms with Gasteiger partial charge in [-0.3, -0.25) is 9.48 Å². The van der Waals surface area contributed by atoms with Crippen molar-refractivity contribution in [2.24, 2.45) is 12.8 Å². The number of nitrogens with one attached hydrogen (secondary N) is 1. The van der Waals surface area contributed by atoms with Crippen LogP contribution in [-0.2, 0) is 18.3 Å². The quantitative estimate of drug-likeness (QED) is 0.517. The topological polar surface area (TPSA) is 123 Å². The Kier molecular flexibility index (Phi) is 5.05. The van der Waals surface area contributed by atoms with E-state index in [1.54, 1.807) is 16.9 Å². The fraction of sp³-hybridized carbons (Fsp3) is 0.250. The fourth-order valence-electron chi connectivity index (χ4n) is 4.52. The number of rotatable bonds is 4. The Balaban J connectivity index is 1.82. The van der Waals surface area contributed by atoms with E-state index in [9.17, 15) is 10.1 Å². The minimum Gasteiger partial charge on any atom is -0.374 e. The Bertz CT molecular complexity index is 1420. The summed E-state index contributed by atoms with van der Waals surface area (Å²) in [7, 11) is 1.85. The highest BCUT2D eigenvalue weighted by Gasteiger charge is 2.25. The van der Waals surface area contributed by atoms with Crippen LogP contribution in [0.4, 0.5) is 0 Å². The van der Waals surface area contributed by atoms with Crippen LogP contribution in [0.1, 0.15) is 35.8 Å². The zero-order valence-electron chi connectivity index (χ0n) is 17.6. The van der Waals surface area contributed by atoms with Gasteiger partial charge in [-0.1, -0.05) is 18.2 Å². The number of fused-ring (bicyclic) bond motifs is 1. The number of ether oxygens (including phenoxy) is 1. The lowest BCUT2D eigenvalue weighted by Crippen LogP contribution is -2.16. The van der Waals surface area contributed by atoms with E-state index in [2.05, 4.69) is 21.4 Å². The van der Waals surface area contributed by atoms with Gasteiger partial charge in [-0.2, -0.15) is 15.5 Å². The number of H-pyrrole nitrogens is 1. The lowest BCUT2D eigenvalue weighted by atomic mass is 9.92. The molecule has 160 valence electrons. The summed E-state index contributed by atoms with van der Waals surface area (Å²) in [6, 6.07) is 13.7. The average Bonchev–Trinajstić information content (AvgIpc) is 3.49. The van der Waals surface area contributed by atoms with Crippen molar-refractivity contribution < 1.29 is 4.74 Å². The van der Waals surface area contributed by atoms with Crippen molar-refractivity contribution in [3.05, 3.63) is 69.8 Å². The number of aryl methyl sites for hydroxylation is 1. The first-order valence-corrected chi connectivity index (χ1v) is 10.5. The third-order valence-electron chi connectivity index (χ3n) is 6.02. The van der Waals surface area contributed by atoms with Gasteiger partial charge in [0.1, 0.15) is 0 Å². The summed E-state index contributed by atoms with van der Waals surface area (Å²) in [4.78, 5) is 12.8. The van der Waals surface area contributed by atoms with Gasteiger partial charge >= 0.3 is 0 Å². The van der Waals surface area contributed by atoms with Gasteiger partial charge in [0.2, 0.25) is 0 Å².